The van der Waals surface area contributed by atoms with Gasteiger partial charge < -0.3 is 24.3 Å². The highest BCUT2D eigenvalue weighted by atomic mass is 35.5. The summed E-state index contributed by atoms with van der Waals surface area (Å²) in [6.07, 6.45) is 0.337. The van der Waals surface area contributed by atoms with Crippen LogP contribution in [0, 0.1) is 6.92 Å². The van der Waals surface area contributed by atoms with Gasteiger partial charge in [-0.05, 0) is 48.7 Å². The number of phenolic OH excluding ortho intramolecular Hbond substituents is 1. The van der Waals surface area contributed by atoms with Gasteiger partial charge in [-0.2, -0.15) is 0 Å². The van der Waals surface area contributed by atoms with E-state index < -0.39 is 11.9 Å². The Morgan fingerprint density at radius 3 is 2.70 bits per heavy atom. The quantitative estimate of drug-likeness (QED) is 0.644. The number of benzene rings is 2. The van der Waals surface area contributed by atoms with Gasteiger partial charge in [0.2, 0.25) is 5.76 Å². The van der Waals surface area contributed by atoms with Crippen molar-refractivity contribution >= 4 is 28.5 Å². The molecule has 1 amide bonds. The lowest BCUT2D eigenvalue weighted by molar-refractivity contribution is 0.0716. The van der Waals surface area contributed by atoms with Crippen molar-refractivity contribution in [1.29, 1.82) is 0 Å². The lowest BCUT2D eigenvalue weighted by Gasteiger charge is -2.25. The first-order valence-electron chi connectivity index (χ1n) is 9.43. The monoisotopic (exact) mass is 429 g/mol. The minimum absolute atomic E-state index is 0.0239. The van der Waals surface area contributed by atoms with Crippen molar-refractivity contribution in [2.45, 2.75) is 19.4 Å². The summed E-state index contributed by atoms with van der Waals surface area (Å²) < 4.78 is 11.1. The second-order valence-electron chi connectivity index (χ2n) is 7.18. The summed E-state index contributed by atoms with van der Waals surface area (Å²) in [7, 11) is 1.42. The number of aryl methyl sites for hydroxylation is 1. The van der Waals surface area contributed by atoms with Crippen molar-refractivity contribution in [2.75, 3.05) is 20.3 Å². The van der Waals surface area contributed by atoms with Crippen LogP contribution < -0.4 is 10.2 Å². The Morgan fingerprint density at radius 1 is 1.23 bits per heavy atom. The number of halogens is 1. The Labute approximate surface area is 177 Å². The van der Waals surface area contributed by atoms with Gasteiger partial charge in [-0.15, -0.1) is 0 Å². The van der Waals surface area contributed by atoms with Crippen LogP contribution in [0.15, 0.2) is 39.5 Å². The topological polar surface area (TPSA) is 100 Å². The predicted octanol–water partition coefficient (Wildman–Crippen LogP) is 3.40. The molecule has 156 valence electrons. The maximum atomic E-state index is 13.4. The van der Waals surface area contributed by atoms with Gasteiger partial charge in [0.1, 0.15) is 5.58 Å². The first kappa shape index (κ1) is 20.3. The SMILES string of the molecule is COc1cc([C@@H]2c3c(oc4cc(C)c(Cl)cc4c3=O)C(=O)N2CCCO)ccc1O. The Morgan fingerprint density at radius 2 is 2.00 bits per heavy atom. The van der Waals surface area contributed by atoms with Gasteiger partial charge in [0.25, 0.3) is 5.91 Å². The van der Waals surface area contributed by atoms with Gasteiger partial charge in [-0.25, -0.2) is 0 Å². The lowest BCUT2D eigenvalue weighted by atomic mass is 9.97. The van der Waals surface area contributed by atoms with E-state index in [1.54, 1.807) is 31.2 Å². The summed E-state index contributed by atoms with van der Waals surface area (Å²) in [4.78, 5) is 28.1. The zero-order valence-electron chi connectivity index (χ0n) is 16.4. The molecule has 0 saturated heterocycles. The number of carbonyl (C=O) groups is 1. The molecule has 30 heavy (non-hydrogen) atoms. The summed E-state index contributed by atoms with van der Waals surface area (Å²) in [5.74, 6) is -0.286. The highest BCUT2D eigenvalue weighted by molar-refractivity contribution is 6.32. The number of amides is 1. The molecule has 2 aromatic carbocycles. The Bertz CT molecular complexity index is 1220. The van der Waals surface area contributed by atoms with Gasteiger partial charge in [-0.3, -0.25) is 9.59 Å². The Balaban J connectivity index is 1.99. The molecule has 1 aliphatic rings. The molecule has 4 rings (SSSR count). The normalized spacial score (nSPS) is 15.7. The maximum Gasteiger partial charge on any atom is 0.290 e. The molecule has 0 fully saturated rings. The Kier molecular flexibility index (Phi) is 5.17. The van der Waals surface area contributed by atoms with E-state index in [1.165, 1.54) is 18.1 Å². The van der Waals surface area contributed by atoms with Crippen molar-refractivity contribution in [3.8, 4) is 11.5 Å². The highest BCUT2D eigenvalue weighted by Gasteiger charge is 2.42. The van der Waals surface area contributed by atoms with E-state index in [9.17, 15) is 19.8 Å². The smallest absolute Gasteiger partial charge is 0.290 e. The molecule has 0 spiro atoms. The molecule has 1 atom stereocenters. The van der Waals surface area contributed by atoms with Gasteiger partial charge in [-0.1, -0.05) is 17.7 Å². The fourth-order valence-electron chi connectivity index (χ4n) is 3.82. The summed E-state index contributed by atoms with van der Waals surface area (Å²) in [5, 5.41) is 20.0. The minimum Gasteiger partial charge on any atom is -0.504 e. The average Bonchev–Trinajstić information content (AvgIpc) is 3.00. The van der Waals surface area contributed by atoms with E-state index in [2.05, 4.69) is 0 Å². The van der Waals surface area contributed by atoms with Gasteiger partial charge in [0.15, 0.2) is 16.9 Å². The van der Waals surface area contributed by atoms with Crippen LogP contribution in [0.5, 0.6) is 11.5 Å². The number of methoxy groups -OCH3 is 1. The van der Waals surface area contributed by atoms with Crippen molar-refractivity contribution in [2.24, 2.45) is 0 Å². The van der Waals surface area contributed by atoms with Crippen molar-refractivity contribution < 1.29 is 24.2 Å². The zero-order valence-corrected chi connectivity index (χ0v) is 17.2. The standard InChI is InChI=1S/C22H20ClNO6/c1-11-8-16-13(10-14(11)23)20(27)18-19(12-4-5-15(26)17(9-12)29-2)24(6-3-7-25)22(28)21(18)30-16/h4-5,8-10,19,25-26H,3,6-7H2,1-2H3/t19-/m1/s1. The molecule has 0 unspecified atom stereocenters. The number of aliphatic hydroxyl groups is 1. The number of aromatic hydroxyl groups is 1. The van der Waals surface area contributed by atoms with E-state index in [0.29, 0.717) is 22.6 Å². The first-order chi connectivity index (χ1) is 14.4. The van der Waals surface area contributed by atoms with E-state index >= 15 is 0 Å². The van der Waals surface area contributed by atoms with Gasteiger partial charge in [0.05, 0.1) is 24.1 Å². The lowest BCUT2D eigenvalue weighted by Crippen LogP contribution is -2.31. The third kappa shape index (κ3) is 3.11. The second-order valence-corrected chi connectivity index (χ2v) is 7.59. The third-order valence-electron chi connectivity index (χ3n) is 5.32. The molecular formula is C22H20ClNO6. The molecule has 8 heteroatoms. The number of phenols is 1. The number of ether oxygens (including phenoxy) is 1. The van der Waals surface area contributed by atoms with Gasteiger partial charge >= 0.3 is 0 Å². The van der Waals surface area contributed by atoms with Crippen LogP contribution in [0.2, 0.25) is 5.02 Å². The summed E-state index contributed by atoms with van der Waals surface area (Å²) in [6, 6.07) is 7.11. The Hall–Kier alpha value is -3.03. The number of hydrogen-bond acceptors (Lipinski definition) is 6. The zero-order chi connectivity index (χ0) is 21.6. The molecule has 0 radical (unpaired) electrons. The van der Waals surface area contributed by atoms with E-state index in [-0.39, 0.29) is 46.8 Å². The van der Waals surface area contributed by atoms with Crippen molar-refractivity contribution in [1.82, 2.24) is 4.90 Å². The number of nitrogens with zero attached hydrogens (tertiary/aromatic N) is 1. The molecule has 1 aliphatic heterocycles. The van der Waals surface area contributed by atoms with E-state index in [1.807, 2.05) is 0 Å². The molecule has 2 heterocycles. The molecular weight excluding hydrogens is 410 g/mol. The van der Waals surface area contributed by atoms with E-state index in [0.717, 1.165) is 5.56 Å². The number of hydrogen-bond donors (Lipinski definition) is 2. The van der Waals surface area contributed by atoms with Crippen LogP contribution >= 0.6 is 11.6 Å². The minimum atomic E-state index is -0.741. The van der Waals surface area contributed by atoms with Gasteiger partial charge in [0, 0.05) is 18.2 Å². The molecule has 3 aromatic rings. The van der Waals surface area contributed by atoms with Crippen LogP contribution in [-0.4, -0.2) is 41.3 Å². The summed E-state index contributed by atoms with van der Waals surface area (Å²) >= 11 is 6.22. The number of rotatable bonds is 5. The second kappa shape index (κ2) is 7.66. The van der Waals surface area contributed by atoms with Crippen LogP contribution in [0.4, 0.5) is 0 Å². The maximum absolute atomic E-state index is 13.4. The average molecular weight is 430 g/mol. The number of aliphatic hydroxyl groups excluding tert-OH is 1. The van der Waals surface area contributed by atoms with Crippen molar-refractivity contribution in [3.63, 3.8) is 0 Å². The summed E-state index contributed by atoms with van der Waals surface area (Å²) in [5.41, 5.74) is 1.47. The molecule has 7 nitrogen and oxygen atoms in total. The fraction of sp³-hybridized carbons (Fsp3) is 0.273. The first-order valence-corrected chi connectivity index (χ1v) is 9.80. The summed E-state index contributed by atoms with van der Waals surface area (Å²) in [6.45, 7) is 1.91. The predicted molar refractivity (Wildman–Crippen MR) is 111 cm³/mol. The van der Waals surface area contributed by atoms with Crippen LogP contribution in [-0.2, 0) is 0 Å². The third-order valence-corrected chi connectivity index (χ3v) is 5.73. The molecule has 0 aliphatic carbocycles. The van der Waals surface area contributed by atoms with Crippen LogP contribution in [0.25, 0.3) is 11.0 Å². The van der Waals surface area contributed by atoms with Crippen LogP contribution in [0.1, 0.15) is 39.7 Å². The number of fused-ring (bicyclic) bond motifs is 2. The number of carbonyl (C=O) groups excluding carboxylic acids is 1. The highest BCUT2D eigenvalue weighted by Crippen LogP contribution is 2.41. The molecule has 2 N–H and O–H groups in total. The largest absolute Gasteiger partial charge is 0.504 e. The molecule has 0 saturated carbocycles. The van der Waals surface area contributed by atoms with Crippen LogP contribution in [0.3, 0.4) is 0 Å². The van der Waals surface area contributed by atoms with E-state index in [4.69, 9.17) is 20.8 Å². The fourth-order valence-corrected chi connectivity index (χ4v) is 3.99. The van der Waals surface area contributed by atoms with Crippen molar-refractivity contribution in [3.05, 3.63) is 68.0 Å². The molecule has 0 bridgehead atoms. The molecule has 1 aromatic heterocycles.